The van der Waals surface area contributed by atoms with Gasteiger partial charge in [0, 0.05) is 81.8 Å². The Morgan fingerprint density at radius 2 is 0.482 bits per heavy atom. The summed E-state index contributed by atoms with van der Waals surface area (Å²) in [6, 6.07) is 144. The van der Waals surface area contributed by atoms with Crippen LogP contribution < -0.4 is 14.7 Å². The Bertz CT molecular complexity index is 8430. The van der Waals surface area contributed by atoms with E-state index in [1.807, 2.05) is 11.8 Å². The van der Waals surface area contributed by atoms with Gasteiger partial charge in [0.1, 0.15) is 0 Å². The van der Waals surface area contributed by atoms with E-state index in [4.69, 9.17) is 0 Å². The summed E-state index contributed by atoms with van der Waals surface area (Å²) in [7, 11) is 6.62. The van der Waals surface area contributed by atoms with Crippen LogP contribution in [-0.4, -0.2) is 21.1 Å². The van der Waals surface area contributed by atoms with Crippen LogP contribution >= 0.6 is 11.8 Å². The van der Waals surface area contributed by atoms with Crippen molar-refractivity contribution < 1.29 is 0 Å². The van der Waals surface area contributed by atoms with Crippen LogP contribution in [-0.2, 0) is 28.1 Å². The lowest BCUT2D eigenvalue weighted by Crippen LogP contribution is -2.30. The first-order valence-corrected chi connectivity index (χ1v) is 49.5. The fraction of sp³-hybridized carbons (Fsp3) is 0.143. The number of para-hydroxylation sites is 3. The van der Waals surface area contributed by atoms with Gasteiger partial charge in [0.2, 0.25) is 0 Å². The molecule has 6 aliphatic rings. The lowest BCUT2D eigenvalue weighted by atomic mass is 9.73. The number of anilines is 6. The Kier molecular flexibility index (Phi) is 19.1. The highest BCUT2D eigenvalue weighted by Gasteiger charge is 2.43. The van der Waals surface area contributed by atoms with Gasteiger partial charge in [0.05, 0.1) is 11.4 Å². The molecule has 0 atom stereocenters. The predicted molar refractivity (Wildman–Crippen MR) is 586 cm³/mol. The molecule has 3 aliphatic carbocycles. The summed E-state index contributed by atoms with van der Waals surface area (Å²) in [5.74, 6) is 0. The van der Waals surface area contributed by atoms with Crippen molar-refractivity contribution in [1.82, 2.24) is 0 Å². The molecule has 0 unspecified atom stereocenters. The highest BCUT2D eigenvalue weighted by molar-refractivity contribution is 7.99. The maximum atomic E-state index is 2.44. The molecular weight excluding hydrogens is 1670 g/mol. The van der Waals surface area contributed by atoms with Crippen molar-refractivity contribution in [2.45, 2.75) is 114 Å². The van der Waals surface area contributed by atoms with Crippen molar-refractivity contribution in [2.75, 3.05) is 35.8 Å². The Morgan fingerprint density at radius 3 is 0.934 bits per heavy atom. The van der Waals surface area contributed by atoms with Gasteiger partial charge in [0.15, 0.2) is 0 Å². The molecule has 0 bridgehead atoms. The van der Waals surface area contributed by atoms with Crippen molar-refractivity contribution in [3.05, 3.63) is 455 Å². The molecule has 21 aromatic rings. The van der Waals surface area contributed by atoms with Gasteiger partial charge in [-0.1, -0.05) is 417 Å². The van der Waals surface area contributed by atoms with E-state index in [9.17, 15) is 0 Å². The average molecular weight is 1780 g/mol. The first-order chi connectivity index (χ1) is 66.5. The van der Waals surface area contributed by atoms with Crippen LogP contribution in [0.1, 0.15) is 128 Å². The lowest BCUT2D eigenvalue weighted by molar-refractivity contribution is 0.629. The molecule has 4 heteroatoms. The number of nitrogens with zero attached hydrogens (tertiary/aromatic N) is 3. The number of fused-ring (bicyclic) bond motifs is 21. The number of benzene rings is 21. The monoisotopic (exact) mass is 1780 g/mol. The largest absolute Gasteiger partial charge is 0.344 e. The maximum absolute atomic E-state index is 2.44. The summed E-state index contributed by atoms with van der Waals surface area (Å²) in [4.78, 5) is 9.69. The van der Waals surface area contributed by atoms with E-state index in [1.54, 1.807) is 0 Å². The molecule has 21 aromatic carbocycles. The summed E-state index contributed by atoms with van der Waals surface area (Å²) in [6.07, 6.45) is 0.965. The third-order valence-electron chi connectivity index (χ3n) is 32.0. The molecule has 660 valence electrons. The summed E-state index contributed by atoms with van der Waals surface area (Å²) in [6.45, 7) is 25.6. The molecule has 27 rings (SSSR count). The second-order valence-electron chi connectivity index (χ2n) is 41.2. The molecule has 0 saturated carbocycles. The molecule has 0 amide bonds. The van der Waals surface area contributed by atoms with Gasteiger partial charge < -0.3 is 14.7 Å². The number of aryl methyl sites for hydroxylation is 3. The fourth-order valence-corrected chi connectivity index (χ4v) is 26.4. The van der Waals surface area contributed by atoms with E-state index < -0.39 is 0 Å². The molecular formula is C133H107N3S. The highest BCUT2D eigenvalue weighted by atomic mass is 32.2. The number of hydrogen-bond donors (Lipinski definition) is 0. The molecule has 0 radical (unpaired) electrons. The molecule has 0 spiro atoms. The summed E-state index contributed by atoms with van der Waals surface area (Å²) < 4.78 is 0. The normalized spacial score (nSPS) is 14.6. The second kappa shape index (κ2) is 31.2. The van der Waals surface area contributed by atoms with Crippen LogP contribution in [0.2, 0.25) is 0 Å². The van der Waals surface area contributed by atoms with E-state index in [1.165, 1.54) is 281 Å². The van der Waals surface area contributed by atoms with Gasteiger partial charge in [-0.15, -0.1) is 0 Å². The van der Waals surface area contributed by atoms with Gasteiger partial charge in [-0.3, -0.25) is 0 Å². The van der Waals surface area contributed by atoms with Crippen LogP contribution in [0, 0.1) is 20.8 Å². The van der Waals surface area contributed by atoms with E-state index in [0.717, 1.165) is 6.42 Å². The topological polar surface area (TPSA) is 9.72 Å². The summed E-state index contributed by atoms with van der Waals surface area (Å²) >= 11 is 1.86. The molecule has 3 aliphatic heterocycles. The van der Waals surface area contributed by atoms with Crippen LogP contribution in [0.4, 0.5) is 34.1 Å². The maximum Gasteiger partial charge on any atom is 0.0556 e. The molecule has 3 heterocycles. The third-order valence-corrected chi connectivity index (χ3v) is 33.1. The van der Waals surface area contributed by atoms with Crippen LogP contribution in [0.15, 0.2) is 392 Å². The number of rotatable bonds is 6. The minimum Gasteiger partial charge on any atom is -0.344 e. The Morgan fingerprint density at radius 1 is 0.190 bits per heavy atom. The second-order valence-corrected chi connectivity index (χ2v) is 42.3. The molecule has 137 heavy (non-hydrogen) atoms. The van der Waals surface area contributed by atoms with Crippen LogP contribution in [0.3, 0.4) is 0 Å². The zero-order valence-electron chi connectivity index (χ0n) is 80.3. The van der Waals surface area contributed by atoms with Crippen molar-refractivity contribution in [3.8, 4) is 100 Å². The van der Waals surface area contributed by atoms with Crippen LogP contribution in [0.5, 0.6) is 0 Å². The SMILES string of the molecule is Cc1ccc2c(-c3ccc4c(c3)N(C)c3ccccc3C4(C)C)c3ccccc3c(-c3cccc4c3-c3ccccc3C4(C)C)c2c1.Cc1ccc2c(-c3ccc4c(c3)N(C)c3ccccc3C4)c3ccccc3c(-c3cccc4c3-c3ccccc3C4(C)C)c2c1.Cc1ccc2c(-c3ccc4c(c3)N(C)c3ccccc3S4)c3ccccc3c(-c3cccc4c3-c3ccccc3C4(C)C)c2c1. The number of hydrogen-bond acceptors (Lipinski definition) is 4. The predicted octanol–water partition coefficient (Wildman–Crippen LogP) is 36.1. The molecule has 0 N–H and O–H groups in total. The van der Waals surface area contributed by atoms with Crippen molar-refractivity contribution in [3.63, 3.8) is 0 Å². The van der Waals surface area contributed by atoms with Gasteiger partial charge in [-0.2, -0.15) is 0 Å². The van der Waals surface area contributed by atoms with Crippen molar-refractivity contribution in [1.29, 1.82) is 0 Å². The van der Waals surface area contributed by atoms with E-state index in [0.29, 0.717) is 0 Å². The zero-order chi connectivity index (χ0) is 93.1. The Balaban J connectivity index is 0.000000109. The quantitative estimate of drug-likeness (QED) is 0.153. The van der Waals surface area contributed by atoms with Gasteiger partial charge in [0.25, 0.3) is 0 Å². The Hall–Kier alpha value is -15.1. The Labute approximate surface area is 809 Å². The lowest BCUT2D eigenvalue weighted by Gasteiger charge is -2.40. The molecule has 0 saturated heterocycles. The minimum absolute atomic E-state index is 0.0445. The summed E-state index contributed by atoms with van der Waals surface area (Å²) in [5, 5.41) is 15.6. The molecule has 0 fully saturated rings. The van der Waals surface area contributed by atoms with Crippen molar-refractivity contribution in [2.24, 2.45) is 0 Å². The average Bonchev–Trinajstić information content (AvgIpc) is 1.64. The first kappa shape index (κ1) is 83.7. The van der Waals surface area contributed by atoms with Crippen molar-refractivity contribution >= 4 is 111 Å². The van der Waals surface area contributed by atoms with E-state index >= 15 is 0 Å². The molecule has 3 nitrogen and oxygen atoms in total. The first-order valence-electron chi connectivity index (χ1n) is 48.7. The van der Waals surface area contributed by atoms with Gasteiger partial charge in [-0.25, -0.2) is 0 Å². The van der Waals surface area contributed by atoms with E-state index in [2.05, 4.69) is 494 Å². The summed E-state index contributed by atoms with van der Waals surface area (Å²) in [5.41, 5.74) is 49.1. The smallest absolute Gasteiger partial charge is 0.0556 e. The molecule has 0 aromatic heterocycles. The standard InChI is InChI=1S/C46H39N.C44H35N.C43H33NS/c1-28-22-24-32-35(26-28)43(34-17-13-20-39-44(34)33-16-9-10-18-36(33)45(39,2)3)31-15-8-7-14-30(31)42(32)29-23-25-38-41(27-29)47(6)40-21-12-11-19-37(40)46(38,4)5;1-27-20-23-33-36(24-27)42(35-16-11-18-38-43(35)34-15-8-9-17-37(34)44(38,2)3)32-14-7-6-13-31(32)41(33)30-22-21-29-25-28-12-5-10-19-39(28)45(4)40(29)26-30;1-26-20-22-30-33(24-26)41(32-15-11-17-35-42(32)31-14-7-8-16-34(31)43(35,2)3)29-13-6-5-12-28(29)40(30)27-21-23-39-37(25-27)44(4)36-18-9-10-19-38(36)45-39/h7-27H,1-6H3;5-24,26H,25H2,1-4H3;5-25H,1-4H3. The zero-order valence-corrected chi connectivity index (χ0v) is 81.1. The van der Waals surface area contributed by atoms with Gasteiger partial charge >= 0.3 is 0 Å². The minimum atomic E-state index is -0.0835. The third kappa shape index (κ3) is 12.6. The highest BCUT2D eigenvalue weighted by Crippen LogP contribution is 2.62. The van der Waals surface area contributed by atoms with E-state index in [-0.39, 0.29) is 21.7 Å². The van der Waals surface area contributed by atoms with Gasteiger partial charge in [-0.05, 0) is 290 Å². The van der Waals surface area contributed by atoms with Crippen LogP contribution in [0.25, 0.3) is 165 Å². The fourth-order valence-electron chi connectivity index (χ4n) is 25.2.